The number of fused-ring (bicyclic) bond motifs is 1. The molecule has 0 saturated heterocycles. The molecule has 0 atom stereocenters. The normalized spacial score (nSPS) is 17.4. The Hall–Kier alpha value is -2.44. The van der Waals surface area contributed by atoms with Crippen molar-refractivity contribution in [2.24, 2.45) is 7.05 Å². The third-order valence-electron chi connectivity index (χ3n) is 4.84. The van der Waals surface area contributed by atoms with E-state index in [9.17, 15) is 14.7 Å². The van der Waals surface area contributed by atoms with E-state index in [0.29, 0.717) is 24.1 Å². The van der Waals surface area contributed by atoms with Gasteiger partial charge in [-0.1, -0.05) is 25.7 Å². The Morgan fingerprint density at radius 2 is 1.92 bits per heavy atom. The van der Waals surface area contributed by atoms with E-state index in [4.69, 9.17) is 0 Å². The van der Waals surface area contributed by atoms with Gasteiger partial charge in [-0.3, -0.25) is 9.48 Å². The Balaban J connectivity index is 1.90. The summed E-state index contributed by atoms with van der Waals surface area (Å²) < 4.78 is 1.66. The molecular formula is C17H22N4O3. The summed E-state index contributed by atoms with van der Waals surface area (Å²) in [5.41, 5.74) is 0.680. The zero-order valence-electron chi connectivity index (χ0n) is 14.0. The Labute approximate surface area is 140 Å². The Morgan fingerprint density at radius 1 is 1.25 bits per heavy atom. The van der Waals surface area contributed by atoms with Crippen molar-refractivity contribution in [1.82, 2.24) is 20.1 Å². The van der Waals surface area contributed by atoms with Gasteiger partial charge >= 0.3 is 5.97 Å². The van der Waals surface area contributed by atoms with Crippen molar-refractivity contribution in [1.29, 1.82) is 0 Å². The summed E-state index contributed by atoms with van der Waals surface area (Å²) in [7, 11) is 1.80. The number of carboxylic acid groups (broad SMARTS) is 1. The maximum absolute atomic E-state index is 12.7. The molecule has 2 N–H and O–H groups in total. The van der Waals surface area contributed by atoms with Gasteiger partial charge in [-0.2, -0.15) is 5.10 Å². The van der Waals surface area contributed by atoms with Crippen LogP contribution in [-0.2, 0) is 11.8 Å². The lowest BCUT2D eigenvalue weighted by molar-refractivity contribution is -0.145. The lowest BCUT2D eigenvalue weighted by Gasteiger charge is -2.29. The third-order valence-corrected chi connectivity index (χ3v) is 4.84. The first-order chi connectivity index (χ1) is 11.4. The number of nitrogens with one attached hydrogen (secondary N) is 1. The van der Waals surface area contributed by atoms with Crippen molar-refractivity contribution in [3.8, 4) is 0 Å². The largest absolute Gasteiger partial charge is 0.480 e. The minimum atomic E-state index is -1.17. The second-order valence-electron chi connectivity index (χ2n) is 6.56. The molecule has 0 aromatic carbocycles. The second-order valence-corrected chi connectivity index (χ2v) is 6.56. The average Bonchev–Trinajstić information content (AvgIpc) is 2.73. The van der Waals surface area contributed by atoms with E-state index in [1.54, 1.807) is 17.8 Å². The van der Waals surface area contributed by atoms with Gasteiger partial charge < -0.3 is 10.4 Å². The summed E-state index contributed by atoms with van der Waals surface area (Å²) in [5.74, 6) is -1.35. The first-order valence-corrected chi connectivity index (χ1v) is 8.28. The number of aromatic nitrogens is 3. The van der Waals surface area contributed by atoms with Crippen molar-refractivity contribution < 1.29 is 14.7 Å². The number of carbonyl (C=O) groups excluding carboxylic acids is 1. The molecule has 0 unspecified atom stereocenters. The van der Waals surface area contributed by atoms with E-state index < -0.39 is 17.4 Å². The first-order valence-electron chi connectivity index (χ1n) is 8.28. The van der Waals surface area contributed by atoms with Gasteiger partial charge in [0.2, 0.25) is 0 Å². The van der Waals surface area contributed by atoms with Gasteiger partial charge in [-0.15, -0.1) is 0 Å². The molecule has 0 radical (unpaired) electrons. The van der Waals surface area contributed by atoms with Crippen LogP contribution in [-0.4, -0.2) is 37.3 Å². The topological polar surface area (TPSA) is 97.1 Å². The molecule has 1 aliphatic rings. The molecular weight excluding hydrogens is 308 g/mol. The number of aliphatic carboxylic acids is 1. The molecule has 2 aromatic heterocycles. The van der Waals surface area contributed by atoms with Crippen LogP contribution in [0.3, 0.4) is 0 Å². The molecule has 2 aromatic rings. The number of nitrogens with zero attached hydrogens (tertiary/aromatic N) is 3. The van der Waals surface area contributed by atoms with Gasteiger partial charge in [0.1, 0.15) is 5.54 Å². The standard InChI is InChI=1S/C17H22N4O3/c1-11-13-9-12(10-18-14(13)21(2)20-11)15(22)19-17(16(23)24)7-5-3-4-6-8-17/h9-10H,3-8H2,1-2H3,(H,19,22)(H,23,24). The van der Waals surface area contributed by atoms with Gasteiger partial charge in [0.25, 0.3) is 5.91 Å². The number of hydrogen-bond acceptors (Lipinski definition) is 4. The molecule has 24 heavy (non-hydrogen) atoms. The molecule has 128 valence electrons. The summed E-state index contributed by atoms with van der Waals surface area (Å²) in [5, 5.41) is 17.5. The first kappa shape index (κ1) is 16.4. The van der Waals surface area contributed by atoms with E-state index >= 15 is 0 Å². The number of amides is 1. The lowest BCUT2D eigenvalue weighted by atomic mass is 9.90. The Morgan fingerprint density at radius 3 is 2.54 bits per heavy atom. The summed E-state index contributed by atoms with van der Waals surface area (Å²) in [6.07, 6.45) is 6.05. The van der Waals surface area contributed by atoms with Crippen molar-refractivity contribution in [2.75, 3.05) is 0 Å². The molecule has 7 heteroatoms. The molecule has 0 spiro atoms. The number of hydrogen-bond donors (Lipinski definition) is 2. The van der Waals surface area contributed by atoms with Gasteiger partial charge in [-0.05, 0) is 25.8 Å². The highest BCUT2D eigenvalue weighted by molar-refractivity contribution is 6.00. The molecule has 7 nitrogen and oxygen atoms in total. The second kappa shape index (κ2) is 6.22. The SMILES string of the molecule is Cc1nn(C)c2ncc(C(=O)NC3(C(=O)O)CCCCCC3)cc12. The highest BCUT2D eigenvalue weighted by atomic mass is 16.4. The minimum Gasteiger partial charge on any atom is -0.480 e. The lowest BCUT2D eigenvalue weighted by Crippen LogP contribution is -2.54. The molecule has 3 rings (SSSR count). The zero-order chi connectivity index (χ0) is 17.3. The number of carboxylic acids is 1. The molecule has 0 bridgehead atoms. The Bertz CT molecular complexity index is 788. The fraction of sp³-hybridized carbons (Fsp3) is 0.529. The number of pyridine rings is 1. The van der Waals surface area contributed by atoms with Crippen molar-refractivity contribution in [2.45, 2.75) is 51.0 Å². The van der Waals surface area contributed by atoms with Crippen LogP contribution >= 0.6 is 0 Å². The summed E-state index contributed by atoms with van der Waals surface area (Å²) in [6, 6.07) is 1.73. The molecule has 1 amide bonds. The predicted octanol–water partition coefficient (Wildman–Crippen LogP) is 2.18. The van der Waals surface area contributed by atoms with Gasteiger partial charge in [0, 0.05) is 18.6 Å². The number of carbonyl (C=O) groups is 2. The maximum atomic E-state index is 12.7. The molecule has 0 aliphatic heterocycles. The summed E-state index contributed by atoms with van der Waals surface area (Å²) >= 11 is 0. The van der Waals surface area contributed by atoms with E-state index in [0.717, 1.165) is 36.8 Å². The van der Waals surface area contributed by atoms with Crippen LogP contribution in [0.2, 0.25) is 0 Å². The van der Waals surface area contributed by atoms with E-state index in [1.807, 2.05) is 6.92 Å². The number of aryl methyl sites for hydroxylation is 2. The quantitative estimate of drug-likeness (QED) is 0.841. The minimum absolute atomic E-state index is 0.364. The zero-order valence-corrected chi connectivity index (χ0v) is 14.0. The van der Waals surface area contributed by atoms with Crippen LogP contribution in [0.1, 0.15) is 54.6 Å². The highest BCUT2D eigenvalue weighted by Crippen LogP contribution is 2.28. The van der Waals surface area contributed by atoms with Gasteiger partial charge in [-0.25, -0.2) is 9.78 Å². The van der Waals surface area contributed by atoms with Crippen molar-refractivity contribution in [3.05, 3.63) is 23.5 Å². The van der Waals surface area contributed by atoms with Gasteiger partial charge in [0.05, 0.1) is 11.3 Å². The molecule has 2 heterocycles. The molecule has 1 saturated carbocycles. The van der Waals surface area contributed by atoms with Crippen LogP contribution in [0.25, 0.3) is 11.0 Å². The maximum Gasteiger partial charge on any atom is 0.329 e. The smallest absolute Gasteiger partial charge is 0.329 e. The fourth-order valence-electron chi connectivity index (χ4n) is 3.45. The predicted molar refractivity (Wildman–Crippen MR) is 88.8 cm³/mol. The summed E-state index contributed by atoms with van der Waals surface area (Å²) in [4.78, 5) is 28.8. The van der Waals surface area contributed by atoms with E-state index in [2.05, 4.69) is 15.4 Å². The van der Waals surface area contributed by atoms with E-state index in [1.165, 1.54) is 6.20 Å². The van der Waals surface area contributed by atoms with Crippen LogP contribution < -0.4 is 5.32 Å². The number of rotatable bonds is 3. The Kier molecular flexibility index (Phi) is 4.26. The summed E-state index contributed by atoms with van der Waals surface area (Å²) in [6.45, 7) is 1.86. The van der Waals surface area contributed by atoms with Crippen LogP contribution in [0.15, 0.2) is 12.3 Å². The van der Waals surface area contributed by atoms with Crippen LogP contribution in [0, 0.1) is 6.92 Å². The van der Waals surface area contributed by atoms with Crippen molar-refractivity contribution >= 4 is 22.9 Å². The van der Waals surface area contributed by atoms with Gasteiger partial charge in [0.15, 0.2) is 5.65 Å². The molecule has 1 aliphatic carbocycles. The highest BCUT2D eigenvalue weighted by Gasteiger charge is 2.40. The molecule has 1 fully saturated rings. The average molecular weight is 330 g/mol. The van der Waals surface area contributed by atoms with Crippen LogP contribution in [0.4, 0.5) is 0 Å². The van der Waals surface area contributed by atoms with E-state index in [-0.39, 0.29) is 0 Å². The van der Waals surface area contributed by atoms with Crippen molar-refractivity contribution in [3.63, 3.8) is 0 Å². The van der Waals surface area contributed by atoms with Crippen LogP contribution in [0.5, 0.6) is 0 Å². The third kappa shape index (κ3) is 2.86. The monoisotopic (exact) mass is 330 g/mol. The fourth-order valence-corrected chi connectivity index (χ4v) is 3.45.